The summed E-state index contributed by atoms with van der Waals surface area (Å²) < 4.78 is 34.4. The number of nitrogens with zero attached hydrogens (tertiary/aromatic N) is 1. The summed E-state index contributed by atoms with van der Waals surface area (Å²) in [5, 5.41) is 0. The standard InChI is InChI=1S/C18H19BrN2O4S2/c19-16-6-7-17(26-16)27(23,24)20-12-4-5-15-14(11-12)18(22)21-9-2-1-3-13(21)8-10-25-15/h4-7,11,13,20H,1-3,8-10H2/t13-/m1/s1. The molecule has 0 radical (unpaired) electrons. The van der Waals surface area contributed by atoms with Crippen LogP contribution in [0.25, 0.3) is 0 Å². The molecule has 1 N–H and O–H groups in total. The molecule has 1 aromatic carbocycles. The van der Waals surface area contributed by atoms with Gasteiger partial charge in [-0.1, -0.05) is 0 Å². The van der Waals surface area contributed by atoms with Crippen LogP contribution in [0.4, 0.5) is 5.69 Å². The first-order valence-corrected chi connectivity index (χ1v) is 11.9. The Hall–Kier alpha value is -1.58. The molecular weight excluding hydrogens is 452 g/mol. The summed E-state index contributed by atoms with van der Waals surface area (Å²) in [6.07, 6.45) is 3.94. The first-order chi connectivity index (χ1) is 12.9. The van der Waals surface area contributed by atoms with E-state index in [-0.39, 0.29) is 16.2 Å². The fraction of sp³-hybridized carbons (Fsp3) is 0.389. The van der Waals surface area contributed by atoms with E-state index in [9.17, 15) is 13.2 Å². The van der Waals surface area contributed by atoms with Crippen LogP contribution in [-0.4, -0.2) is 38.4 Å². The van der Waals surface area contributed by atoms with Gasteiger partial charge in [-0.25, -0.2) is 8.42 Å². The van der Waals surface area contributed by atoms with Crippen LogP contribution in [0.3, 0.4) is 0 Å². The summed E-state index contributed by atoms with van der Waals surface area (Å²) in [6.45, 7) is 1.29. The van der Waals surface area contributed by atoms with Crippen molar-refractivity contribution in [3.63, 3.8) is 0 Å². The van der Waals surface area contributed by atoms with E-state index >= 15 is 0 Å². The van der Waals surface area contributed by atoms with E-state index in [0.29, 0.717) is 23.6 Å². The van der Waals surface area contributed by atoms with Crippen LogP contribution in [0.15, 0.2) is 38.3 Å². The van der Waals surface area contributed by atoms with Crippen molar-refractivity contribution in [1.82, 2.24) is 4.90 Å². The number of amides is 1. The molecule has 0 saturated carbocycles. The second-order valence-electron chi connectivity index (χ2n) is 6.66. The van der Waals surface area contributed by atoms with E-state index in [1.54, 1.807) is 24.3 Å². The second-order valence-corrected chi connectivity index (χ2v) is 11.0. The van der Waals surface area contributed by atoms with Gasteiger partial charge < -0.3 is 9.64 Å². The summed E-state index contributed by atoms with van der Waals surface area (Å²) >= 11 is 4.41. The molecule has 9 heteroatoms. The first kappa shape index (κ1) is 18.8. The van der Waals surface area contributed by atoms with Gasteiger partial charge in [0.05, 0.1) is 16.0 Å². The smallest absolute Gasteiger partial charge is 0.271 e. The Morgan fingerprint density at radius 2 is 2.04 bits per heavy atom. The van der Waals surface area contributed by atoms with Gasteiger partial charge in [0.1, 0.15) is 9.96 Å². The van der Waals surface area contributed by atoms with E-state index in [1.807, 2.05) is 4.90 Å². The fourth-order valence-electron chi connectivity index (χ4n) is 3.56. The maximum atomic E-state index is 13.1. The van der Waals surface area contributed by atoms with Crippen molar-refractivity contribution in [2.45, 2.75) is 35.9 Å². The number of hydrogen-bond donors (Lipinski definition) is 1. The minimum Gasteiger partial charge on any atom is -0.493 e. The van der Waals surface area contributed by atoms with Crippen molar-refractivity contribution >= 4 is 48.9 Å². The van der Waals surface area contributed by atoms with E-state index in [4.69, 9.17) is 4.74 Å². The molecule has 2 aliphatic rings. The Balaban J connectivity index is 1.65. The maximum absolute atomic E-state index is 13.1. The molecule has 1 aromatic heterocycles. The monoisotopic (exact) mass is 470 g/mol. The molecule has 1 atom stereocenters. The number of thiophene rings is 1. The van der Waals surface area contributed by atoms with Crippen LogP contribution in [0, 0.1) is 0 Å². The first-order valence-electron chi connectivity index (χ1n) is 8.80. The molecule has 6 nitrogen and oxygen atoms in total. The van der Waals surface area contributed by atoms with Crippen molar-refractivity contribution in [2.24, 2.45) is 0 Å². The SMILES string of the molecule is O=C1c2cc(NS(=O)(=O)c3ccc(Br)s3)ccc2OCC[C@H]2CCCCN12. The highest BCUT2D eigenvalue weighted by molar-refractivity contribution is 9.11. The molecular formula is C18H19BrN2O4S2. The molecule has 4 rings (SSSR count). The lowest BCUT2D eigenvalue weighted by Gasteiger charge is -2.37. The van der Waals surface area contributed by atoms with Crippen LogP contribution in [0.2, 0.25) is 0 Å². The summed E-state index contributed by atoms with van der Waals surface area (Å²) in [7, 11) is -3.70. The van der Waals surface area contributed by atoms with E-state index in [1.165, 1.54) is 6.07 Å². The lowest BCUT2D eigenvalue weighted by molar-refractivity contribution is 0.0548. The minimum absolute atomic E-state index is 0.0886. The molecule has 0 unspecified atom stereocenters. The number of halogens is 1. The van der Waals surface area contributed by atoms with Crippen LogP contribution < -0.4 is 9.46 Å². The van der Waals surface area contributed by atoms with E-state index < -0.39 is 10.0 Å². The quantitative estimate of drug-likeness (QED) is 0.732. The van der Waals surface area contributed by atoms with Crippen molar-refractivity contribution in [3.05, 3.63) is 39.7 Å². The molecule has 1 saturated heterocycles. The average Bonchev–Trinajstić information content (AvgIpc) is 3.08. The number of sulfonamides is 1. The van der Waals surface area contributed by atoms with Gasteiger partial charge in [-0.05, 0) is 65.5 Å². The molecule has 0 bridgehead atoms. The zero-order chi connectivity index (χ0) is 19.0. The Bertz CT molecular complexity index is 973. The summed E-state index contributed by atoms with van der Waals surface area (Å²) in [6, 6.07) is 8.30. The number of piperidine rings is 1. The number of carbonyl (C=O) groups is 1. The van der Waals surface area contributed by atoms with Crippen LogP contribution in [0.1, 0.15) is 36.0 Å². The number of rotatable bonds is 3. The molecule has 3 heterocycles. The molecule has 2 aromatic rings. The third-order valence-corrected chi connectivity index (χ3v) is 8.37. The van der Waals surface area contributed by atoms with Gasteiger partial charge in [-0.2, -0.15) is 0 Å². The van der Waals surface area contributed by atoms with Gasteiger partial charge >= 0.3 is 0 Å². The van der Waals surface area contributed by atoms with Gasteiger partial charge in [-0.15, -0.1) is 11.3 Å². The Morgan fingerprint density at radius 3 is 2.81 bits per heavy atom. The molecule has 144 valence electrons. The number of anilines is 1. The molecule has 1 fully saturated rings. The number of benzene rings is 1. The van der Waals surface area contributed by atoms with Crippen molar-refractivity contribution < 1.29 is 17.9 Å². The lowest BCUT2D eigenvalue weighted by Crippen LogP contribution is -2.45. The van der Waals surface area contributed by atoms with Crippen molar-refractivity contribution in [2.75, 3.05) is 17.9 Å². The predicted molar refractivity (Wildman–Crippen MR) is 108 cm³/mol. The summed E-state index contributed by atoms with van der Waals surface area (Å²) in [4.78, 5) is 15.0. The zero-order valence-corrected chi connectivity index (χ0v) is 17.7. The highest BCUT2D eigenvalue weighted by Crippen LogP contribution is 2.32. The molecule has 0 aliphatic carbocycles. The van der Waals surface area contributed by atoms with Gasteiger partial charge in [0.15, 0.2) is 0 Å². The Kier molecular flexibility index (Phi) is 5.17. The second kappa shape index (κ2) is 7.44. The highest BCUT2D eigenvalue weighted by Gasteiger charge is 2.31. The van der Waals surface area contributed by atoms with Crippen molar-refractivity contribution in [3.8, 4) is 5.75 Å². The summed E-state index contributed by atoms with van der Waals surface area (Å²) in [5.74, 6) is 0.417. The fourth-order valence-corrected chi connectivity index (χ4v) is 6.62. The Labute approximate surface area is 170 Å². The molecule has 2 aliphatic heterocycles. The predicted octanol–water partition coefficient (Wildman–Crippen LogP) is 4.09. The highest BCUT2D eigenvalue weighted by atomic mass is 79.9. The number of nitrogens with one attached hydrogen (secondary N) is 1. The molecule has 1 amide bonds. The average molecular weight is 471 g/mol. The van der Waals surface area contributed by atoms with E-state index in [2.05, 4.69) is 20.7 Å². The third kappa shape index (κ3) is 3.86. The number of fused-ring (bicyclic) bond motifs is 2. The van der Waals surface area contributed by atoms with Crippen molar-refractivity contribution in [1.29, 1.82) is 0 Å². The van der Waals surface area contributed by atoms with Crippen LogP contribution in [-0.2, 0) is 10.0 Å². The third-order valence-electron chi connectivity index (χ3n) is 4.87. The van der Waals surface area contributed by atoms with Gasteiger partial charge in [-0.3, -0.25) is 9.52 Å². The van der Waals surface area contributed by atoms with Gasteiger partial charge in [0.2, 0.25) is 0 Å². The van der Waals surface area contributed by atoms with Gasteiger partial charge in [0.25, 0.3) is 15.9 Å². The largest absolute Gasteiger partial charge is 0.493 e. The van der Waals surface area contributed by atoms with Gasteiger partial charge in [0, 0.05) is 24.7 Å². The number of ether oxygens (including phenoxy) is 1. The minimum atomic E-state index is -3.70. The van der Waals surface area contributed by atoms with E-state index in [0.717, 1.165) is 47.4 Å². The number of carbonyl (C=O) groups excluding carboxylic acids is 1. The number of hydrogen-bond acceptors (Lipinski definition) is 5. The van der Waals surface area contributed by atoms with Crippen LogP contribution >= 0.6 is 27.3 Å². The van der Waals surface area contributed by atoms with Crippen LogP contribution in [0.5, 0.6) is 5.75 Å². The topological polar surface area (TPSA) is 75.7 Å². The lowest BCUT2D eigenvalue weighted by atomic mass is 9.97. The zero-order valence-electron chi connectivity index (χ0n) is 14.5. The Morgan fingerprint density at radius 1 is 1.19 bits per heavy atom. The maximum Gasteiger partial charge on any atom is 0.271 e. The molecule has 27 heavy (non-hydrogen) atoms. The summed E-state index contributed by atoms with van der Waals surface area (Å²) in [5.41, 5.74) is 0.763. The molecule has 0 spiro atoms. The normalized spacial score (nSPS) is 20.1.